The van der Waals surface area contributed by atoms with E-state index in [1.807, 2.05) is 25.1 Å². The molecule has 0 radical (unpaired) electrons. The lowest BCUT2D eigenvalue weighted by Gasteiger charge is -2.16. The molecule has 17 heavy (non-hydrogen) atoms. The molecule has 0 saturated heterocycles. The van der Waals surface area contributed by atoms with Crippen LogP contribution in [0.4, 0.5) is 11.8 Å². The molecule has 1 fully saturated rings. The average molecular weight is 255 g/mol. The molecular weight excluding hydrogens is 236 g/mol. The molecule has 1 heterocycles. The van der Waals surface area contributed by atoms with E-state index in [-0.39, 0.29) is 0 Å². The fourth-order valence-corrected chi connectivity index (χ4v) is 2.49. The summed E-state index contributed by atoms with van der Waals surface area (Å²) in [6.45, 7) is 0.901. The molecule has 2 rings (SSSR count). The van der Waals surface area contributed by atoms with E-state index in [0.717, 1.165) is 24.7 Å². The van der Waals surface area contributed by atoms with E-state index < -0.39 is 0 Å². The molecular formula is C12H19ClN4. The smallest absolute Gasteiger partial charge is 0.226 e. The number of hydrogen-bond acceptors (Lipinski definition) is 4. The van der Waals surface area contributed by atoms with Gasteiger partial charge in [0.1, 0.15) is 5.82 Å². The van der Waals surface area contributed by atoms with Crippen LogP contribution in [0, 0.1) is 5.92 Å². The maximum absolute atomic E-state index is 6.25. The van der Waals surface area contributed by atoms with Crippen molar-refractivity contribution in [3.63, 3.8) is 0 Å². The van der Waals surface area contributed by atoms with Crippen LogP contribution in [0.1, 0.15) is 19.3 Å². The van der Waals surface area contributed by atoms with Crippen LogP contribution >= 0.6 is 11.6 Å². The van der Waals surface area contributed by atoms with Gasteiger partial charge in [-0.05, 0) is 24.8 Å². The molecule has 1 aromatic rings. The number of rotatable bonds is 4. The van der Waals surface area contributed by atoms with Gasteiger partial charge in [0, 0.05) is 32.2 Å². The van der Waals surface area contributed by atoms with Gasteiger partial charge < -0.3 is 10.2 Å². The lowest BCUT2D eigenvalue weighted by atomic mass is 10.1. The number of halogens is 1. The summed E-state index contributed by atoms with van der Waals surface area (Å²) in [5, 5.41) is 3.67. The summed E-state index contributed by atoms with van der Waals surface area (Å²) < 4.78 is 0. The molecule has 0 amide bonds. The van der Waals surface area contributed by atoms with Crippen molar-refractivity contribution in [2.75, 3.05) is 30.9 Å². The maximum Gasteiger partial charge on any atom is 0.226 e. The predicted molar refractivity (Wildman–Crippen MR) is 71.8 cm³/mol. The van der Waals surface area contributed by atoms with Gasteiger partial charge in [-0.3, -0.25) is 0 Å². The molecule has 1 saturated carbocycles. The van der Waals surface area contributed by atoms with Crippen molar-refractivity contribution in [1.29, 1.82) is 0 Å². The lowest BCUT2D eigenvalue weighted by molar-refractivity contribution is 0.585. The van der Waals surface area contributed by atoms with Crippen molar-refractivity contribution >= 4 is 23.4 Å². The first-order valence-electron chi connectivity index (χ1n) is 6.05. The zero-order valence-electron chi connectivity index (χ0n) is 10.4. The molecule has 1 aromatic heterocycles. The quantitative estimate of drug-likeness (QED) is 0.838. The first-order valence-corrected chi connectivity index (χ1v) is 6.49. The molecule has 5 heteroatoms. The third-order valence-electron chi connectivity index (χ3n) is 3.15. The van der Waals surface area contributed by atoms with Gasteiger partial charge >= 0.3 is 0 Å². The van der Waals surface area contributed by atoms with Gasteiger partial charge in [-0.2, -0.15) is 4.98 Å². The normalized spacial score (nSPS) is 23.7. The Balaban J connectivity index is 1.92. The van der Waals surface area contributed by atoms with Crippen LogP contribution in [0.5, 0.6) is 0 Å². The molecule has 0 aromatic carbocycles. The number of nitrogens with zero attached hydrogens (tertiary/aromatic N) is 3. The standard InChI is InChI=1S/C12H19ClN4/c1-17(2)12-14-7-6-11(16-12)15-8-9-4-3-5-10(9)13/h6-7,9-10H,3-5,8H2,1-2H3,(H,14,15,16). The second-order valence-electron chi connectivity index (χ2n) is 4.72. The Morgan fingerprint density at radius 2 is 2.29 bits per heavy atom. The van der Waals surface area contributed by atoms with E-state index in [1.54, 1.807) is 6.20 Å². The Morgan fingerprint density at radius 1 is 1.47 bits per heavy atom. The number of anilines is 2. The largest absolute Gasteiger partial charge is 0.370 e. The van der Waals surface area contributed by atoms with Crippen LogP contribution < -0.4 is 10.2 Å². The van der Waals surface area contributed by atoms with Crippen molar-refractivity contribution < 1.29 is 0 Å². The monoisotopic (exact) mass is 254 g/mol. The van der Waals surface area contributed by atoms with E-state index in [1.165, 1.54) is 12.8 Å². The number of hydrogen-bond donors (Lipinski definition) is 1. The molecule has 94 valence electrons. The minimum absolute atomic E-state index is 0.317. The highest BCUT2D eigenvalue weighted by molar-refractivity contribution is 6.20. The fraction of sp³-hybridized carbons (Fsp3) is 0.667. The van der Waals surface area contributed by atoms with Crippen LogP contribution in [-0.4, -0.2) is 36.0 Å². The highest BCUT2D eigenvalue weighted by Crippen LogP contribution is 2.30. The summed E-state index contributed by atoms with van der Waals surface area (Å²) in [6.07, 6.45) is 5.37. The third-order valence-corrected chi connectivity index (χ3v) is 3.73. The molecule has 0 bridgehead atoms. The summed E-state index contributed by atoms with van der Waals surface area (Å²) >= 11 is 6.25. The van der Waals surface area contributed by atoms with Crippen molar-refractivity contribution in [3.05, 3.63) is 12.3 Å². The molecule has 1 aliphatic carbocycles. The second-order valence-corrected chi connectivity index (χ2v) is 5.28. The van der Waals surface area contributed by atoms with E-state index in [9.17, 15) is 0 Å². The molecule has 0 spiro atoms. The summed E-state index contributed by atoms with van der Waals surface area (Å²) in [6, 6.07) is 1.89. The zero-order valence-corrected chi connectivity index (χ0v) is 11.1. The SMILES string of the molecule is CN(C)c1nccc(NCC2CCCC2Cl)n1. The lowest BCUT2D eigenvalue weighted by Crippen LogP contribution is -2.20. The average Bonchev–Trinajstić information content (AvgIpc) is 2.72. The highest BCUT2D eigenvalue weighted by Gasteiger charge is 2.24. The van der Waals surface area contributed by atoms with Crippen molar-refractivity contribution in [1.82, 2.24) is 9.97 Å². The molecule has 2 atom stereocenters. The van der Waals surface area contributed by atoms with Gasteiger partial charge in [0.2, 0.25) is 5.95 Å². The van der Waals surface area contributed by atoms with Crippen molar-refractivity contribution in [2.45, 2.75) is 24.6 Å². The van der Waals surface area contributed by atoms with Crippen LogP contribution in [0.3, 0.4) is 0 Å². The van der Waals surface area contributed by atoms with Crippen LogP contribution in [0.2, 0.25) is 0 Å². The summed E-state index contributed by atoms with van der Waals surface area (Å²) in [7, 11) is 3.87. The van der Waals surface area contributed by atoms with Crippen LogP contribution in [-0.2, 0) is 0 Å². The zero-order chi connectivity index (χ0) is 12.3. The van der Waals surface area contributed by atoms with Crippen LogP contribution in [0.25, 0.3) is 0 Å². The molecule has 1 aliphatic rings. The first-order chi connectivity index (χ1) is 8.16. The van der Waals surface area contributed by atoms with Gasteiger partial charge in [-0.1, -0.05) is 6.42 Å². The third kappa shape index (κ3) is 3.22. The minimum Gasteiger partial charge on any atom is -0.370 e. The van der Waals surface area contributed by atoms with Gasteiger partial charge in [-0.25, -0.2) is 4.98 Å². The number of nitrogens with one attached hydrogen (secondary N) is 1. The highest BCUT2D eigenvalue weighted by atomic mass is 35.5. The van der Waals surface area contributed by atoms with Gasteiger partial charge in [0.25, 0.3) is 0 Å². The summed E-state index contributed by atoms with van der Waals surface area (Å²) in [4.78, 5) is 10.5. The van der Waals surface area contributed by atoms with E-state index in [0.29, 0.717) is 11.3 Å². The van der Waals surface area contributed by atoms with Gasteiger partial charge in [0.15, 0.2) is 0 Å². The predicted octanol–water partition coefficient (Wildman–Crippen LogP) is 2.36. The molecule has 0 aliphatic heterocycles. The minimum atomic E-state index is 0.317. The molecule has 2 unspecified atom stereocenters. The summed E-state index contributed by atoms with van der Waals surface area (Å²) in [5.74, 6) is 2.16. The molecule has 4 nitrogen and oxygen atoms in total. The number of aromatic nitrogens is 2. The maximum atomic E-state index is 6.25. The van der Waals surface area contributed by atoms with Crippen LogP contribution in [0.15, 0.2) is 12.3 Å². The Kier molecular flexibility index (Phi) is 4.05. The molecule has 1 N–H and O–H groups in total. The summed E-state index contributed by atoms with van der Waals surface area (Å²) in [5.41, 5.74) is 0. The van der Waals surface area contributed by atoms with E-state index in [2.05, 4.69) is 15.3 Å². The Morgan fingerprint density at radius 3 is 2.94 bits per heavy atom. The fourth-order valence-electron chi connectivity index (χ4n) is 2.12. The first kappa shape index (κ1) is 12.4. The Hall–Kier alpha value is -1.03. The van der Waals surface area contributed by atoms with E-state index in [4.69, 9.17) is 11.6 Å². The topological polar surface area (TPSA) is 41.1 Å². The Bertz CT molecular complexity index is 369. The van der Waals surface area contributed by atoms with E-state index >= 15 is 0 Å². The van der Waals surface area contributed by atoms with Gasteiger partial charge in [-0.15, -0.1) is 11.6 Å². The number of alkyl halides is 1. The van der Waals surface area contributed by atoms with Crippen molar-refractivity contribution in [2.24, 2.45) is 5.92 Å². The Labute approximate surface area is 107 Å². The van der Waals surface area contributed by atoms with Crippen molar-refractivity contribution in [3.8, 4) is 0 Å². The van der Waals surface area contributed by atoms with Gasteiger partial charge in [0.05, 0.1) is 0 Å². The second kappa shape index (κ2) is 5.54.